The monoisotopic (exact) mass is 183 g/mol. The Bertz CT molecular complexity index is 160. The molecule has 0 rings (SSSR count). The summed E-state index contributed by atoms with van der Waals surface area (Å²) >= 11 is 0. The fraction of sp³-hybridized carbons (Fsp3) is 0.900. The summed E-state index contributed by atoms with van der Waals surface area (Å²) in [6.07, 6.45) is 0.594. The topological polar surface area (TPSA) is 53.0 Å². The molecule has 0 spiro atoms. The van der Waals surface area contributed by atoms with E-state index in [4.69, 9.17) is 11.0 Å². The van der Waals surface area contributed by atoms with E-state index in [-0.39, 0.29) is 0 Å². The largest absolute Gasteiger partial charge is 0.329 e. The van der Waals surface area contributed by atoms with Gasteiger partial charge in [0.05, 0.1) is 6.07 Å². The summed E-state index contributed by atoms with van der Waals surface area (Å²) in [4.78, 5) is 2.29. The van der Waals surface area contributed by atoms with Crippen molar-refractivity contribution in [3.05, 3.63) is 0 Å². The molecule has 0 saturated carbocycles. The van der Waals surface area contributed by atoms with E-state index < -0.39 is 0 Å². The van der Waals surface area contributed by atoms with Crippen molar-refractivity contribution in [1.29, 1.82) is 5.26 Å². The second-order valence-corrected chi connectivity index (χ2v) is 3.88. The summed E-state index contributed by atoms with van der Waals surface area (Å²) in [5.74, 6) is 0.632. The predicted molar refractivity (Wildman–Crippen MR) is 55.2 cm³/mol. The van der Waals surface area contributed by atoms with Crippen LogP contribution in [0.3, 0.4) is 0 Å². The van der Waals surface area contributed by atoms with Gasteiger partial charge in [-0.05, 0) is 12.8 Å². The van der Waals surface area contributed by atoms with Crippen molar-refractivity contribution in [2.24, 2.45) is 11.7 Å². The van der Waals surface area contributed by atoms with E-state index in [2.05, 4.69) is 31.7 Å². The van der Waals surface area contributed by atoms with Crippen molar-refractivity contribution in [2.45, 2.75) is 33.2 Å². The minimum Gasteiger partial charge on any atom is -0.329 e. The lowest BCUT2D eigenvalue weighted by Gasteiger charge is -2.28. The molecule has 76 valence electrons. The molecule has 1 unspecified atom stereocenters. The van der Waals surface area contributed by atoms with E-state index >= 15 is 0 Å². The SMILES string of the molecule is CC(C)CN(CCC#N)C(C)CN. The Balaban J connectivity index is 3.95. The first kappa shape index (κ1) is 12.4. The zero-order chi connectivity index (χ0) is 10.3. The fourth-order valence-electron chi connectivity index (χ4n) is 1.30. The number of hydrogen-bond donors (Lipinski definition) is 1. The van der Waals surface area contributed by atoms with Crippen LogP contribution in [0.4, 0.5) is 0 Å². The van der Waals surface area contributed by atoms with Gasteiger partial charge in [-0.15, -0.1) is 0 Å². The van der Waals surface area contributed by atoms with Gasteiger partial charge in [-0.3, -0.25) is 4.90 Å². The minimum absolute atomic E-state index is 0.385. The smallest absolute Gasteiger partial charge is 0.0635 e. The van der Waals surface area contributed by atoms with E-state index in [9.17, 15) is 0 Å². The Labute approximate surface area is 81.5 Å². The van der Waals surface area contributed by atoms with Crippen molar-refractivity contribution in [3.63, 3.8) is 0 Å². The molecule has 0 aromatic rings. The number of hydrogen-bond acceptors (Lipinski definition) is 3. The van der Waals surface area contributed by atoms with E-state index in [0.717, 1.165) is 13.1 Å². The lowest BCUT2D eigenvalue weighted by molar-refractivity contribution is 0.194. The van der Waals surface area contributed by atoms with Gasteiger partial charge in [-0.25, -0.2) is 0 Å². The molecule has 0 aliphatic heterocycles. The number of rotatable bonds is 6. The van der Waals surface area contributed by atoms with Crippen LogP contribution in [-0.2, 0) is 0 Å². The highest BCUT2D eigenvalue weighted by atomic mass is 15.2. The number of nitrogens with zero attached hydrogens (tertiary/aromatic N) is 2. The van der Waals surface area contributed by atoms with E-state index in [1.54, 1.807) is 0 Å². The first-order chi connectivity index (χ1) is 6.11. The molecule has 0 aromatic heterocycles. The average Bonchev–Trinajstić information content (AvgIpc) is 2.10. The highest BCUT2D eigenvalue weighted by molar-refractivity contribution is 4.76. The van der Waals surface area contributed by atoms with Gasteiger partial charge in [-0.2, -0.15) is 5.26 Å². The number of nitrogens with two attached hydrogens (primary N) is 1. The van der Waals surface area contributed by atoms with Crippen molar-refractivity contribution in [2.75, 3.05) is 19.6 Å². The lowest BCUT2D eigenvalue weighted by Crippen LogP contribution is -2.41. The van der Waals surface area contributed by atoms with Crippen molar-refractivity contribution in [3.8, 4) is 6.07 Å². The maximum absolute atomic E-state index is 8.50. The van der Waals surface area contributed by atoms with Crippen LogP contribution in [0.1, 0.15) is 27.2 Å². The zero-order valence-corrected chi connectivity index (χ0v) is 8.95. The summed E-state index contributed by atoms with van der Waals surface area (Å²) in [6, 6.07) is 2.55. The van der Waals surface area contributed by atoms with Crippen molar-refractivity contribution >= 4 is 0 Å². The standard InChI is InChI=1S/C10H21N3/c1-9(2)8-13(6-4-5-11)10(3)7-12/h9-10H,4,6-8,12H2,1-3H3. The number of nitriles is 1. The molecule has 0 radical (unpaired) electrons. The molecule has 1 atom stereocenters. The van der Waals surface area contributed by atoms with Gasteiger partial charge in [0.15, 0.2) is 0 Å². The zero-order valence-electron chi connectivity index (χ0n) is 8.95. The van der Waals surface area contributed by atoms with Crippen LogP contribution in [0, 0.1) is 17.2 Å². The lowest BCUT2D eigenvalue weighted by atomic mass is 10.1. The molecule has 0 heterocycles. The maximum Gasteiger partial charge on any atom is 0.0635 e. The molecule has 0 aliphatic carbocycles. The second-order valence-electron chi connectivity index (χ2n) is 3.88. The van der Waals surface area contributed by atoms with Gasteiger partial charge >= 0.3 is 0 Å². The third-order valence-electron chi connectivity index (χ3n) is 2.07. The highest BCUT2D eigenvalue weighted by Crippen LogP contribution is 2.04. The first-order valence-electron chi connectivity index (χ1n) is 4.92. The second kappa shape index (κ2) is 6.88. The van der Waals surface area contributed by atoms with Crippen LogP contribution >= 0.6 is 0 Å². The third kappa shape index (κ3) is 5.62. The molecular weight excluding hydrogens is 162 g/mol. The van der Waals surface area contributed by atoms with Crippen molar-refractivity contribution < 1.29 is 0 Å². The summed E-state index contributed by atoms with van der Waals surface area (Å²) in [7, 11) is 0. The van der Waals surface area contributed by atoms with E-state index in [1.165, 1.54) is 0 Å². The normalized spacial score (nSPS) is 13.3. The Kier molecular flexibility index (Phi) is 6.56. The Morgan fingerprint density at radius 1 is 1.38 bits per heavy atom. The molecule has 0 amide bonds. The van der Waals surface area contributed by atoms with Gasteiger partial charge in [-0.1, -0.05) is 13.8 Å². The van der Waals surface area contributed by atoms with Crippen LogP contribution in [-0.4, -0.2) is 30.6 Å². The molecule has 0 aromatic carbocycles. The Hall–Kier alpha value is -0.590. The van der Waals surface area contributed by atoms with Crippen LogP contribution in [0.2, 0.25) is 0 Å². The molecule has 3 nitrogen and oxygen atoms in total. The highest BCUT2D eigenvalue weighted by Gasteiger charge is 2.12. The quantitative estimate of drug-likeness (QED) is 0.673. The molecule has 2 N–H and O–H groups in total. The summed E-state index contributed by atoms with van der Waals surface area (Å²) in [6.45, 7) is 9.01. The van der Waals surface area contributed by atoms with E-state index in [1.807, 2.05) is 0 Å². The summed E-state index contributed by atoms with van der Waals surface area (Å²) < 4.78 is 0. The van der Waals surface area contributed by atoms with Crippen LogP contribution in [0.25, 0.3) is 0 Å². The maximum atomic E-state index is 8.50. The van der Waals surface area contributed by atoms with Gasteiger partial charge in [0.1, 0.15) is 0 Å². The first-order valence-corrected chi connectivity index (χ1v) is 4.92. The molecule has 0 saturated heterocycles. The summed E-state index contributed by atoms with van der Waals surface area (Å²) in [5, 5.41) is 8.50. The molecule has 13 heavy (non-hydrogen) atoms. The van der Waals surface area contributed by atoms with Crippen LogP contribution in [0.5, 0.6) is 0 Å². The Morgan fingerprint density at radius 3 is 2.38 bits per heavy atom. The summed E-state index contributed by atoms with van der Waals surface area (Å²) in [5.41, 5.74) is 5.60. The van der Waals surface area contributed by atoms with Crippen LogP contribution < -0.4 is 5.73 Å². The van der Waals surface area contributed by atoms with E-state index in [0.29, 0.717) is 24.9 Å². The van der Waals surface area contributed by atoms with Crippen molar-refractivity contribution in [1.82, 2.24) is 4.90 Å². The fourth-order valence-corrected chi connectivity index (χ4v) is 1.30. The molecule has 3 heteroatoms. The third-order valence-corrected chi connectivity index (χ3v) is 2.07. The Morgan fingerprint density at radius 2 is 2.00 bits per heavy atom. The van der Waals surface area contributed by atoms with Gasteiger partial charge in [0.2, 0.25) is 0 Å². The molecule has 0 bridgehead atoms. The molecule has 0 aliphatic rings. The van der Waals surface area contributed by atoms with Gasteiger partial charge in [0.25, 0.3) is 0 Å². The molecule has 0 fully saturated rings. The van der Waals surface area contributed by atoms with Gasteiger partial charge < -0.3 is 5.73 Å². The average molecular weight is 183 g/mol. The molecular formula is C10H21N3. The predicted octanol–water partition coefficient (Wildman–Crippen LogP) is 1.21. The van der Waals surface area contributed by atoms with Crippen LogP contribution in [0.15, 0.2) is 0 Å². The minimum atomic E-state index is 0.385. The van der Waals surface area contributed by atoms with Gasteiger partial charge in [0, 0.05) is 32.1 Å².